The number of likely N-dealkylation sites (N-methyl/N-ethyl adjacent to an activating group) is 1. The Morgan fingerprint density at radius 1 is 1.04 bits per heavy atom. The summed E-state index contributed by atoms with van der Waals surface area (Å²) >= 11 is 0. The molecule has 0 saturated carbocycles. The summed E-state index contributed by atoms with van der Waals surface area (Å²) in [6.07, 6.45) is 3.69. The topological polar surface area (TPSA) is 34.1 Å². The van der Waals surface area contributed by atoms with E-state index in [9.17, 15) is 0 Å². The number of rotatable bonds is 7. The van der Waals surface area contributed by atoms with Crippen LogP contribution in [0.4, 0.5) is 0 Å². The van der Waals surface area contributed by atoms with Crippen LogP contribution in [0.2, 0.25) is 0 Å². The molecule has 1 atom stereocenters. The predicted octanol–water partition coefficient (Wildman–Crippen LogP) is 3.09. The van der Waals surface area contributed by atoms with Gasteiger partial charge in [-0.25, -0.2) is 0 Å². The number of hydrogen-bond acceptors (Lipinski definition) is 3. The molecule has 6 heteroatoms. The maximum absolute atomic E-state index is 4.52. The normalized spacial score (nSPS) is 21.6. The van der Waals surface area contributed by atoms with Crippen molar-refractivity contribution in [2.45, 2.75) is 32.1 Å². The molecule has 0 aromatic heterocycles. The third kappa shape index (κ3) is 6.88. The zero-order chi connectivity index (χ0) is 18.9. The Morgan fingerprint density at radius 2 is 1.75 bits per heavy atom. The van der Waals surface area contributed by atoms with Crippen molar-refractivity contribution in [3.05, 3.63) is 35.9 Å². The van der Waals surface area contributed by atoms with Gasteiger partial charge in [0, 0.05) is 58.8 Å². The summed E-state index contributed by atoms with van der Waals surface area (Å²) in [4.78, 5) is 12.1. The zero-order valence-corrected chi connectivity index (χ0v) is 20.0. The summed E-state index contributed by atoms with van der Waals surface area (Å²) in [5.41, 5.74) is 1.46. The molecule has 0 aliphatic carbocycles. The second kappa shape index (κ2) is 12.6. The summed E-state index contributed by atoms with van der Waals surface area (Å²) in [5, 5.41) is 3.59. The molecule has 1 unspecified atom stereocenters. The molecule has 28 heavy (non-hydrogen) atoms. The van der Waals surface area contributed by atoms with Gasteiger partial charge in [-0.05, 0) is 37.9 Å². The molecule has 0 amide bonds. The predicted molar refractivity (Wildman–Crippen MR) is 130 cm³/mol. The lowest BCUT2D eigenvalue weighted by molar-refractivity contribution is 0.136. The quantitative estimate of drug-likeness (QED) is 0.271. The van der Waals surface area contributed by atoms with Crippen molar-refractivity contribution >= 4 is 29.9 Å². The molecule has 2 fully saturated rings. The van der Waals surface area contributed by atoms with Crippen molar-refractivity contribution in [1.29, 1.82) is 0 Å². The van der Waals surface area contributed by atoms with Crippen molar-refractivity contribution in [2.24, 2.45) is 4.99 Å². The standard InChI is InChI=1S/C22H37N5.HI/c1-3-25-15-17-26(18-16-25)13-8-7-12-24-22(23-2)27-14-11-21(19-27)20-9-5-4-6-10-20;/h4-6,9-10,21H,3,7-8,11-19H2,1-2H3,(H,23,24);1H. The number of nitrogens with one attached hydrogen (secondary N) is 1. The van der Waals surface area contributed by atoms with Gasteiger partial charge in [-0.2, -0.15) is 0 Å². The van der Waals surface area contributed by atoms with E-state index in [1.807, 2.05) is 7.05 Å². The third-order valence-corrected chi connectivity index (χ3v) is 6.07. The van der Waals surface area contributed by atoms with Crippen molar-refractivity contribution < 1.29 is 0 Å². The molecule has 1 aromatic rings. The van der Waals surface area contributed by atoms with Gasteiger partial charge in [-0.1, -0.05) is 37.3 Å². The highest BCUT2D eigenvalue weighted by Crippen LogP contribution is 2.26. The maximum atomic E-state index is 4.52. The Kier molecular flexibility index (Phi) is 10.6. The fourth-order valence-corrected chi connectivity index (χ4v) is 4.27. The molecule has 1 aromatic carbocycles. The lowest BCUT2D eigenvalue weighted by Gasteiger charge is -2.34. The molecule has 3 rings (SSSR count). The molecule has 0 bridgehead atoms. The van der Waals surface area contributed by atoms with Crippen LogP contribution in [0.25, 0.3) is 0 Å². The largest absolute Gasteiger partial charge is 0.356 e. The first-order valence-corrected chi connectivity index (χ1v) is 10.8. The van der Waals surface area contributed by atoms with Crippen LogP contribution in [-0.2, 0) is 0 Å². The monoisotopic (exact) mass is 499 g/mol. The molecule has 5 nitrogen and oxygen atoms in total. The van der Waals surface area contributed by atoms with Crippen LogP contribution in [-0.4, -0.2) is 86.6 Å². The first-order chi connectivity index (χ1) is 13.3. The minimum atomic E-state index is 0. The Hall–Kier alpha value is -0.860. The third-order valence-electron chi connectivity index (χ3n) is 6.07. The van der Waals surface area contributed by atoms with Crippen LogP contribution in [0.3, 0.4) is 0 Å². The molecular formula is C22H38IN5. The van der Waals surface area contributed by atoms with Crippen LogP contribution in [0, 0.1) is 0 Å². The van der Waals surface area contributed by atoms with Crippen LogP contribution in [0.15, 0.2) is 35.3 Å². The van der Waals surface area contributed by atoms with Gasteiger partial charge in [0.2, 0.25) is 0 Å². The number of piperazine rings is 1. The summed E-state index contributed by atoms with van der Waals surface area (Å²) in [7, 11) is 1.91. The molecular weight excluding hydrogens is 461 g/mol. The number of halogens is 1. The van der Waals surface area contributed by atoms with Gasteiger partial charge in [0.1, 0.15) is 0 Å². The van der Waals surface area contributed by atoms with Gasteiger partial charge in [-0.3, -0.25) is 4.99 Å². The van der Waals surface area contributed by atoms with Crippen LogP contribution >= 0.6 is 24.0 Å². The summed E-state index contributed by atoms with van der Waals surface area (Å²) in [5.74, 6) is 1.71. The minimum Gasteiger partial charge on any atom is -0.356 e. The Balaban J connectivity index is 0.00000280. The number of hydrogen-bond donors (Lipinski definition) is 1. The average molecular weight is 499 g/mol. The Morgan fingerprint density at radius 3 is 2.43 bits per heavy atom. The Bertz CT molecular complexity index is 572. The highest BCUT2D eigenvalue weighted by Gasteiger charge is 2.25. The first kappa shape index (κ1) is 23.4. The van der Waals surface area contributed by atoms with Crippen molar-refractivity contribution in [3.63, 3.8) is 0 Å². The van der Waals surface area contributed by atoms with E-state index in [0.29, 0.717) is 5.92 Å². The second-order valence-electron chi connectivity index (χ2n) is 7.80. The van der Waals surface area contributed by atoms with Gasteiger partial charge < -0.3 is 20.0 Å². The number of likely N-dealkylation sites (tertiary alicyclic amines) is 1. The van der Waals surface area contributed by atoms with Gasteiger partial charge in [0.15, 0.2) is 5.96 Å². The van der Waals surface area contributed by atoms with E-state index in [-0.39, 0.29) is 24.0 Å². The average Bonchev–Trinajstić information content (AvgIpc) is 3.22. The molecule has 158 valence electrons. The number of nitrogens with zero attached hydrogens (tertiary/aromatic N) is 4. The summed E-state index contributed by atoms with van der Waals surface area (Å²) in [6.45, 7) is 12.8. The Labute approximate surface area is 188 Å². The number of aliphatic imine (C=N–C) groups is 1. The zero-order valence-electron chi connectivity index (χ0n) is 17.6. The van der Waals surface area contributed by atoms with Crippen LogP contribution in [0.5, 0.6) is 0 Å². The van der Waals surface area contributed by atoms with Crippen molar-refractivity contribution in [3.8, 4) is 0 Å². The smallest absolute Gasteiger partial charge is 0.193 e. The van der Waals surface area contributed by atoms with Crippen molar-refractivity contribution in [2.75, 3.05) is 66.0 Å². The van der Waals surface area contributed by atoms with E-state index in [4.69, 9.17) is 0 Å². The van der Waals surface area contributed by atoms with Gasteiger partial charge in [0.25, 0.3) is 0 Å². The van der Waals surface area contributed by atoms with E-state index in [1.54, 1.807) is 0 Å². The van der Waals surface area contributed by atoms with Crippen LogP contribution < -0.4 is 5.32 Å². The number of benzene rings is 1. The van der Waals surface area contributed by atoms with Gasteiger partial charge in [-0.15, -0.1) is 24.0 Å². The maximum Gasteiger partial charge on any atom is 0.193 e. The summed E-state index contributed by atoms with van der Waals surface area (Å²) in [6, 6.07) is 10.9. The number of guanidine groups is 1. The molecule has 2 aliphatic rings. The van der Waals surface area contributed by atoms with E-state index in [0.717, 1.165) is 25.6 Å². The SMILES string of the molecule is CCN1CCN(CCCCNC(=NC)N2CCC(c3ccccc3)C2)CC1.I. The van der Waals surface area contributed by atoms with Gasteiger partial charge in [0.05, 0.1) is 0 Å². The van der Waals surface area contributed by atoms with Gasteiger partial charge >= 0.3 is 0 Å². The fraction of sp³-hybridized carbons (Fsp3) is 0.682. The minimum absolute atomic E-state index is 0. The number of unbranched alkanes of at least 4 members (excludes halogenated alkanes) is 1. The highest BCUT2D eigenvalue weighted by molar-refractivity contribution is 14.0. The van der Waals surface area contributed by atoms with E-state index in [1.165, 1.54) is 64.1 Å². The molecule has 2 heterocycles. The fourth-order valence-electron chi connectivity index (χ4n) is 4.27. The molecule has 0 radical (unpaired) electrons. The highest BCUT2D eigenvalue weighted by atomic mass is 127. The van der Waals surface area contributed by atoms with E-state index < -0.39 is 0 Å². The molecule has 2 saturated heterocycles. The molecule has 1 N–H and O–H groups in total. The van der Waals surface area contributed by atoms with E-state index in [2.05, 4.69) is 62.3 Å². The molecule has 2 aliphatic heterocycles. The van der Waals surface area contributed by atoms with Crippen LogP contribution in [0.1, 0.15) is 37.7 Å². The second-order valence-corrected chi connectivity index (χ2v) is 7.80. The lowest BCUT2D eigenvalue weighted by Crippen LogP contribution is -2.46. The van der Waals surface area contributed by atoms with Crippen molar-refractivity contribution in [1.82, 2.24) is 20.0 Å². The lowest BCUT2D eigenvalue weighted by atomic mass is 9.99. The summed E-state index contributed by atoms with van der Waals surface area (Å²) < 4.78 is 0. The first-order valence-electron chi connectivity index (χ1n) is 10.8. The molecule has 0 spiro atoms. The van der Waals surface area contributed by atoms with E-state index >= 15 is 0 Å².